The van der Waals surface area contributed by atoms with Gasteiger partial charge in [0.25, 0.3) is 0 Å². The molecule has 0 bridgehead atoms. The summed E-state index contributed by atoms with van der Waals surface area (Å²) >= 11 is 1.41. The number of nitrogens with zero attached hydrogens (tertiary/aromatic N) is 1. The van der Waals surface area contributed by atoms with E-state index < -0.39 is 5.25 Å². The van der Waals surface area contributed by atoms with E-state index in [-0.39, 0.29) is 18.2 Å². The highest BCUT2D eigenvalue weighted by Crippen LogP contribution is 2.39. The maximum Gasteiger partial charge on any atom is 0.247 e. The van der Waals surface area contributed by atoms with Gasteiger partial charge in [0, 0.05) is 17.4 Å². The fourth-order valence-corrected chi connectivity index (χ4v) is 3.75. The van der Waals surface area contributed by atoms with Crippen molar-refractivity contribution >= 4 is 29.3 Å². The Morgan fingerprint density at radius 2 is 1.76 bits per heavy atom. The molecule has 1 saturated heterocycles. The maximum absolute atomic E-state index is 12.8. The summed E-state index contributed by atoms with van der Waals surface area (Å²) in [6.45, 7) is 2.01. The van der Waals surface area contributed by atoms with Crippen LogP contribution in [-0.4, -0.2) is 31.3 Å². The second-order valence-electron chi connectivity index (χ2n) is 5.73. The summed E-state index contributed by atoms with van der Waals surface area (Å²) in [7, 11) is 3.05. The number of thioether (sulfide) groups is 1. The van der Waals surface area contributed by atoms with E-state index in [9.17, 15) is 9.59 Å². The predicted octanol–water partition coefficient (Wildman–Crippen LogP) is 3.44. The topological polar surface area (TPSA) is 55.8 Å². The van der Waals surface area contributed by atoms with E-state index in [1.165, 1.54) is 23.8 Å². The lowest BCUT2D eigenvalue weighted by Crippen LogP contribution is -2.31. The summed E-state index contributed by atoms with van der Waals surface area (Å²) in [6, 6.07) is 13.0. The van der Waals surface area contributed by atoms with Gasteiger partial charge in [-0.05, 0) is 31.2 Å². The molecule has 1 heterocycles. The molecule has 0 saturated carbocycles. The fraction of sp³-hybridized carbons (Fsp3) is 0.263. The van der Waals surface area contributed by atoms with Gasteiger partial charge in [0.05, 0.1) is 25.2 Å². The van der Waals surface area contributed by atoms with Crippen molar-refractivity contribution in [3.63, 3.8) is 0 Å². The third-order valence-corrected chi connectivity index (χ3v) is 5.23. The molecule has 6 heteroatoms. The van der Waals surface area contributed by atoms with Gasteiger partial charge >= 0.3 is 0 Å². The molecule has 0 radical (unpaired) electrons. The van der Waals surface area contributed by atoms with Crippen LogP contribution in [0.4, 0.5) is 5.69 Å². The van der Waals surface area contributed by atoms with E-state index >= 15 is 0 Å². The van der Waals surface area contributed by atoms with Crippen molar-refractivity contribution < 1.29 is 19.1 Å². The third-order valence-electron chi connectivity index (χ3n) is 4.03. The van der Waals surface area contributed by atoms with Gasteiger partial charge in [0.1, 0.15) is 11.5 Å². The molecule has 0 N–H and O–H groups in total. The number of ether oxygens (including phenoxy) is 2. The first-order valence-electron chi connectivity index (χ1n) is 7.85. The van der Waals surface area contributed by atoms with E-state index in [0.29, 0.717) is 17.2 Å². The zero-order valence-corrected chi connectivity index (χ0v) is 15.1. The van der Waals surface area contributed by atoms with Gasteiger partial charge < -0.3 is 9.47 Å². The minimum absolute atomic E-state index is 0.173. The summed E-state index contributed by atoms with van der Waals surface area (Å²) < 4.78 is 10.5. The van der Waals surface area contributed by atoms with E-state index in [1.807, 2.05) is 31.2 Å². The van der Waals surface area contributed by atoms with Crippen LogP contribution in [0.1, 0.15) is 12.0 Å². The molecule has 0 aromatic heterocycles. The number of imide groups is 1. The molecule has 5 nitrogen and oxygen atoms in total. The Morgan fingerprint density at radius 3 is 2.40 bits per heavy atom. The van der Waals surface area contributed by atoms with Crippen LogP contribution in [0.2, 0.25) is 0 Å². The molecule has 25 heavy (non-hydrogen) atoms. The van der Waals surface area contributed by atoms with Gasteiger partial charge in [-0.2, -0.15) is 0 Å². The zero-order valence-electron chi connectivity index (χ0n) is 14.3. The highest BCUT2D eigenvalue weighted by atomic mass is 32.2. The van der Waals surface area contributed by atoms with E-state index in [2.05, 4.69) is 0 Å². The number of anilines is 1. The average Bonchev–Trinajstić information content (AvgIpc) is 2.90. The predicted molar refractivity (Wildman–Crippen MR) is 97.5 cm³/mol. The number of amides is 2. The van der Waals surface area contributed by atoms with E-state index in [1.54, 1.807) is 25.3 Å². The number of aryl methyl sites for hydroxylation is 1. The molecule has 2 amide bonds. The lowest BCUT2D eigenvalue weighted by molar-refractivity contribution is -0.121. The first kappa shape index (κ1) is 17.4. The normalized spacial score (nSPS) is 17.1. The summed E-state index contributed by atoms with van der Waals surface area (Å²) in [5.41, 5.74) is 1.60. The number of methoxy groups -OCH3 is 2. The molecule has 1 aliphatic heterocycles. The van der Waals surface area contributed by atoms with Gasteiger partial charge in [-0.15, -0.1) is 11.8 Å². The first-order chi connectivity index (χ1) is 12.0. The van der Waals surface area contributed by atoms with Gasteiger partial charge in [-0.3, -0.25) is 9.59 Å². The third kappa shape index (κ3) is 3.49. The van der Waals surface area contributed by atoms with Gasteiger partial charge in [-0.25, -0.2) is 4.90 Å². The number of carbonyl (C=O) groups excluding carboxylic acids is 2. The van der Waals surface area contributed by atoms with Crippen molar-refractivity contribution in [2.75, 3.05) is 19.1 Å². The zero-order chi connectivity index (χ0) is 18.0. The quantitative estimate of drug-likeness (QED) is 0.768. The van der Waals surface area contributed by atoms with Crippen molar-refractivity contribution in [2.24, 2.45) is 0 Å². The molecule has 2 aromatic rings. The second-order valence-corrected chi connectivity index (χ2v) is 7.00. The van der Waals surface area contributed by atoms with Crippen molar-refractivity contribution in [3.8, 4) is 11.5 Å². The van der Waals surface area contributed by atoms with E-state index in [0.717, 1.165) is 10.5 Å². The number of carbonyl (C=O) groups is 2. The van der Waals surface area contributed by atoms with Crippen LogP contribution in [0, 0.1) is 6.92 Å². The summed E-state index contributed by atoms with van der Waals surface area (Å²) in [6.07, 6.45) is 0.173. The van der Waals surface area contributed by atoms with E-state index in [4.69, 9.17) is 9.47 Å². The molecule has 3 rings (SSSR count). The van der Waals surface area contributed by atoms with Crippen LogP contribution in [0.15, 0.2) is 47.4 Å². The molecule has 0 aliphatic carbocycles. The summed E-state index contributed by atoms with van der Waals surface area (Å²) in [4.78, 5) is 27.5. The van der Waals surface area contributed by atoms with Crippen LogP contribution < -0.4 is 14.4 Å². The molecule has 1 unspecified atom stereocenters. The minimum Gasteiger partial charge on any atom is -0.497 e. The molecular formula is C19H19NO4S. The minimum atomic E-state index is -0.429. The molecule has 0 spiro atoms. The van der Waals surface area contributed by atoms with Gasteiger partial charge in [0.2, 0.25) is 11.8 Å². The Balaban J connectivity index is 1.85. The summed E-state index contributed by atoms with van der Waals surface area (Å²) in [5, 5.41) is -0.429. The van der Waals surface area contributed by atoms with Crippen molar-refractivity contribution in [3.05, 3.63) is 48.0 Å². The Bertz CT molecular complexity index is 804. The highest BCUT2D eigenvalue weighted by molar-refractivity contribution is 8.00. The van der Waals surface area contributed by atoms with Crippen LogP contribution in [0.5, 0.6) is 11.5 Å². The number of hydrogen-bond donors (Lipinski definition) is 0. The number of benzene rings is 2. The molecule has 1 atom stereocenters. The molecular weight excluding hydrogens is 338 g/mol. The Hall–Kier alpha value is -2.47. The Labute approximate surface area is 150 Å². The number of rotatable bonds is 5. The highest BCUT2D eigenvalue weighted by Gasteiger charge is 2.41. The van der Waals surface area contributed by atoms with Gasteiger partial charge in [0.15, 0.2) is 0 Å². The maximum atomic E-state index is 12.8. The monoisotopic (exact) mass is 357 g/mol. The molecule has 1 fully saturated rings. The molecule has 1 aliphatic rings. The lowest BCUT2D eigenvalue weighted by atomic mass is 10.2. The van der Waals surface area contributed by atoms with Crippen LogP contribution >= 0.6 is 11.8 Å². The second kappa shape index (κ2) is 7.19. The van der Waals surface area contributed by atoms with Crippen molar-refractivity contribution in [1.29, 1.82) is 0 Å². The lowest BCUT2D eigenvalue weighted by Gasteiger charge is -2.18. The fourth-order valence-electron chi connectivity index (χ4n) is 2.70. The standard InChI is InChI=1S/C19H19NO4S/c1-12-4-7-14(8-5-12)25-17-11-18(21)20(19(17)22)15-9-6-13(23-2)10-16(15)24-3/h4-10,17H,11H2,1-3H3. The Morgan fingerprint density at radius 1 is 1.04 bits per heavy atom. The smallest absolute Gasteiger partial charge is 0.247 e. The Kier molecular flexibility index (Phi) is 4.99. The summed E-state index contributed by atoms with van der Waals surface area (Å²) in [5.74, 6) is 0.587. The average molecular weight is 357 g/mol. The largest absolute Gasteiger partial charge is 0.497 e. The van der Waals surface area contributed by atoms with Crippen LogP contribution in [-0.2, 0) is 9.59 Å². The molecule has 2 aromatic carbocycles. The van der Waals surface area contributed by atoms with Crippen molar-refractivity contribution in [1.82, 2.24) is 0 Å². The van der Waals surface area contributed by atoms with Crippen molar-refractivity contribution in [2.45, 2.75) is 23.5 Å². The SMILES string of the molecule is COc1ccc(N2C(=O)CC(Sc3ccc(C)cc3)C2=O)c(OC)c1. The van der Waals surface area contributed by atoms with Crippen LogP contribution in [0.25, 0.3) is 0 Å². The first-order valence-corrected chi connectivity index (χ1v) is 8.73. The number of hydrogen-bond acceptors (Lipinski definition) is 5. The molecule has 130 valence electrons. The van der Waals surface area contributed by atoms with Crippen LogP contribution in [0.3, 0.4) is 0 Å². The van der Waals surface area contributed by atoms with Gasteiger partial charge in [-0.1, -0.05) is 17.7 Å².